The predicted molar refractivity (Wildman–Crippen MR) is 201 cm³/mol. The zero-order chi connectivity index (χ0) is 36.4. The second kappa shape index (κ2) is 13.8. The molecule has 2 aromatic carbocycles. The lowest BCUT2D eigenvalue weighted by atomic mass is 9.81. The van der Waals surface area contributed by atoms with Gasteiger partial charge in [-0.3, -0.25) is 9.59 Å². The number of morpholine rings is 1. The van der Waals surface area contributed by atoms with Crippen LogP contribution in [-0.4, -0.2) is 104 Å². The van der Waals surface area contributed by atoms with Gasteiger partial charge in [0.15, 0.2) is 0 Å². The molecule has 2 unspecified atom stereocenters. The molecule has 5 fully saturated rings. The van der Waals surface area contributed by atoms with E-state index in [1.807, 2.05) is 38.1 Å². The molecule has 0 spiro atoms. The largest absolute Gasteiger partial charge is 0.497 e. The SMILES string of the molecule is COc1ccc(-c2c(C3CCCCC3)c3ccc(C(=O)NS(=O)(=O)N4C[C@@H](C)O[C@@H](C)C4)cc3n2CC2(C(=O)N3C4CCC3CN(C)C4)CC2)cc1. The number of benzene rings is 2. The average Bonchev–Trinajstić information content (AvgIpc) is 3.78. The Kier molecular flexibility index (Phi) is 9.41. The van der Waals surface area contributed by atoms with E-state index in [2.05, 4.69) is 38.3 Å². The molecule has 4 heterocycles. The van der Waals surface area contributed by atoms with Crippen molar-refractivity contribution in [2.45, 2.75) is 108 Å². The van der Waals surface area contributed by atoms with E-state index in [-0.39, 0.29) is 48.9 Å². The number of likely N-dealkylation sites (N-methyl/N-ethyl adjacent to an activating group) is 1. The van der Waals surface area contributed by atoms with Gasteiger partial charge in [-0.25, -0.2) is 4.72 Å². The van der Waals surface area contributed by atoms with Crippen LogP contribution < -0.4 is 9.46 Å². The summed E-state index contributed by atoms with van der Waals surface area (Å²) in [6, 6.07) is 14.3. The van der Waals surface area contributed by atoms with E-state index in [0.717, 1.165) is 92.4 Å². The summed E-state index contributed by atoms with van der Waals surface area (Å²) in [6.07, 6.45) is 8.90. The van der Waals surface area contributed by atoms with Gasteiger partial charge in [0.25, 0.3) is 5.91 Å². The molecule has 3 aromatic rings. The molecule has 280 valence electrons. The van der Waals surface area contributed by atoms with Crippen LogP contribution in [0.25, 0.3) is 22.2 Å². The van der Waals surface area contributed by atoms with Crippen molar-refractivity contribution in [3.8, 4) is 17.0 Å². The van der Waals surface area contributed by atoms with Gasteiger partial charge in [0, 0.05) is 61.3 Å². The van der Waals surface area contributed by atoms with E-state index in [4.69, 9.17) is 9.47 Å². The lowest BCUT2D eigenvalue weighted by Gasteiger charge is -2.41. The third-order valence-corrected chi connectivity index (χ3v) is 13.8. The molecule has 2 saturated carbocycles. The normalized spacial score (nSPS) is 26.8. The lowest BCUT2D eigenvalue weighted by Crippen LogP contribution is -2.56. The number of nitrogens with one attached hydrogen (secondary N) is 1. The third-order valence-electron chi connectivity index (χ3n) is 12.4. The van der Waals surface area contributed by atoms with Gasteiger partial charge in [-0.1, -0.05) is 25.3 Å². The number of nitrogens with zero attached hydrogens (tertiary/aromatic N) is 4. The number of hydrogen-bond acceptors (Lipinski definition) is 7. The monoisotopic (exact) mass is 731 g/mol. The molecular weight excluding hydrogens is 679 g/mol. The number of fused-ring (bicyclic) bond motifs is 3. The zero-order valence-corrected chi connectivity index (χ0v) is 31.8. The van der Waals surface area contributed by atoms with Crippen molar-refractivity contribution >= 4 is 32.9 Å². The van der Waals surface area contributed by atoms with Crippen LogP contribution in [0.3, 0.4) is 0 Å². The Morgan fingerprint density at radius 1 is 0.904 bits per heavy atom. The van der Waals surface area contributed by atoms with E-state index in [9.17, 15) is 18.0 Å². The van der Waals surface area contributed by atoms with E-state index < -0.39 is 21.5 Å². The van der Waals surface area contributed by atoms with Crippen molar-refractivity contribution in [2.75, 3.05) is 40.3 Å². The molecule has 2 amide bonds. The fourth-order valence-corrected chi connectivity index (χ4v) is 11.0. The minimum atomic E-state index is -4.10. The van der Waals surface area contributed by atoms with Gasteiger partial charge in [0.1, 0.15) is 5.75 Å². The van der Waals surface area contributed by atoms with E-state index >= 15 is 0 Å². The Balaban J connectivity index is 1.22. The molecule has 8 rings (SSSR count). The summed E-state index contributed by atoms with van der Waals surface area (Å²) >= 11 is 0. The number of methoxy groups -OCH3 is 1. The highest BCUT2D eigenvalue weighted by Gasteiger charge is 2.56. The number of carbonyl (C=O) groups is 2. The first-order valence-electron chi connectivity index (χ1n) is 19.3. The Morgan fingerprint density at radius 3 is 2.17 bits per heavy atom. The molecule has 1 aromatic heterocycles. The molecule has 1 N–H and O–H groups in total. The smallest absolute Gasteiger partial charge is 0.304 e. The fraction of sp³-hybridized carbons (Fsp3) is 0.600. The summed E-state index contributed by atoms with van der Waals surface area (Å²) < 4.78 is 44.2. The summed E-state index contributed by atoms with van der Waals surface area (Å²) in [7, 11) is -0.278. The third kappa shape index (κ3) is 6.54. The van der Waals surface area contributed by atoms with Gasteiger partial charge in [-0.2, -0.15) is 12.7 Å². The maximum Gasteiger partial charge on any atom is 0.304 e. The fourth-order valence-electron chi connectivity index (χ4n) is 9.73. The van der Waals surface area contributed by atoms with Gasteiger partial charge < -0.3 is 23.8 Å². The zero-order valence-electron chi connectivity index (χ0n) is 31.0. The number of hydrogen-bond donors (Lipinski definition) is 1. The van der Waals surface area contributed by atoms with Crippen LogP contribution in [0.5, 0.6) is 5.75 Å². The molecular formula is C40H53N5O6S. The standard InChI is InChI=1S/C40H53N5O6S/c1-26-21-43(22-27(2)51-26)52(48,49)41-38(46)30-12-17-34-35(20-30)44(25-40(18-19-40)39(47)45-31-13-14-32(45)24-42(3)23-31)37(29-10-15-33(50-4)16-11-29)36(34)28-8-6-5-7-9-28/h10-12,15-17,20,26-28,31-32H,5-9,13-14,18-19,21-25H2,1-4H3,(H,41,46)/t26-,27+,31?,32?. The molecule has 11 nitrogen and oxygen atoms in total. The minimum Gasteiger partial charge on any atom is -0.497 e. The van der Waals surface area contributed by atoms with E-state index in [1.165, 1.54) is 16.3 Å². The van der Waals surface area contributed by atoms with Gasteiger partial charge >= 0.3 is 10.2 Å². The van der Waals surface area contributed by atoms with Crippen molar-refractivity contribution < 1.29 is 27.5 Å². The first-order chi connectivity index (χ1) is 25.0. The summed E-state index contributed by atoms with van der Waals surface area (Å²) in [5.41, 5.74) is 4.02. The van der Waals surface area contributed by atoms with Crippen LogP contribution in [0.15, 0.2) is 42.5 Å². The molecule has 3 saturated heterocycles. The van der Waals surface area contributed by atoms with Crippen molar-refractivity contribution in [3.05, 3.63) is 53.6 Å². The van der Waals surface area contributed by atoms with Crippen LogP contribution in [0.1, 0.15) is 93.5 Å². The quantitative estimate of drug-likeness (QED) is 0.308. The maximum absolute atomic E-state index is 14.7. The maximum atomic E-state index is 14.7. The summed E-state index contributed by atoms with van der Waals surface area (Å²) in [5.74, 6) is 0.704. The van der Waals surface area contributed by atoms with Crippen molar-refractivity contribution in [1.82, 2.24) is 23.4 Å². The molecule has 0 radical (unpaired) electrons. The molecule has 2 bridgehead atoms. The average molecular weight is 732 g/mol. The van der Waals surface area contributed by atoms with Crippen molar-refractivity contribution in [1.29, 1.82) is 0 Å². The Labute approximate surface area is 307 Å². The number of rotatable bonds is 9. The molecule has 52 heavy (non-hydrogen) atoms. The topological polar surface area (TPSA) is 113 Å². The second-order valence-corrected chi connectivity index (χ2v) is 17.9. The molecule has 2 aliphatic carbocycles. The number of amides is 2. The highest BCUT2D eigenvalue weighted by Crippen LogP contribution is 2.53. The number of carbonyl (C=O) groups excluding carboxylic acids is 2. The van der Waals surface area contributed by atoms with Crippen LogP contribution in [0.4, 0.5) is 0 Å². The molecule has 12 heteroatoms. The molecule has 4 atom stereocenters. The molecule has 5 aliphatic rings. The number of likely N-dealkylation sites (tertiary alicyclic amines) is 1. The van der Waals surface area contributed by atoms with Crippen molar-refractivity contribution in [3.63, 3.8) is 0 Å². The molecule has 3 aliphatic heterocycles. The number of ether oxygens (including phenoxy) is 2. The summed E-state index contributed by atoms with van der Waals surface area (Å²) in [4.78, 5) is 33.1. The van der Waals surface area contributed by atoms with E-state index in [1.54, 1.807) is 13.2 Å². The Bertz CT molecular complexity index is 1930. The van der Waals surface area contributed by atoms with Gasteiger partial charge in [-0.05, 0) is 113 Å². The first kappa shape index (κ1) is 35.6. The van der Waals surface area contributed by atoms with E-state index in [0.29, 0.717) is 12.5 Å². The number of piperazine rings is 1. The summed E-state index contributed by atoms with van der Waals surface area (Å²) in [5, 5.41) is 1.07. The van der Waals surface area contributed by atoms with Gasteiger partial charge in [0.2, 0.25) is 5.91 Å². The van der Waals surface area contributed by atoms with Crippen LogP contribution in [0, 0.1) is 5.41 Å². The minimum absolute atomic E-state index is 0.177. The Hall–Kier alpha value is -3.45. The number of aromatic nitrogens is 1. The van der Waals surface area contributed by atoms with Crippen LogP contribution in [0.2, 0.25) is 0 Å². The van der Waals surface area contributed by atoms with Gasteiger partial charge in [0.05, 0.1) is 30.4 Å². The first-order valence-corrected chi connectivity index (χ1v) is 20.7. The Morgan fingerprint density at radius 2 is 1.56 bits per heavy atom. The second-order valence-electron chi connectivity index (χ2n) is 16.3. The highest BCUT2D eigenvalue weighted by atomic mass is 32.2. The summed E-state index contributed by atoms with van der Waals surface area (Å²) in [6.45, 7) is 6.35. The van der Waals surface area contributed by atoms with Crippen molar-refractivity contribution in [2.24, 2.45) is 5.41 Å². The highest BCUT2D eigenvalue weighted by molar-refractivity contribution is 7.87. The lowest BCUT2D eigenvalue weighted by molar-refractivity contribution is -0.143. The van der Waals surface area contributed by atoms with Crippen LogP contribution >= 0.6 is 0 Å². The van der Waals surface area contributed by atoms with Crippen LogP contribution in [-0.2, 0) is 26.3 Å². The predicted octanol–water partition coefficient (Wildman–Crippen LogP) is 5.53. The van der Waals surface area contributed by atoms with Gasteiger partial charge in [-0.15, -0.1) is 0 Å².